The van der Waals surface area contributed by atoms with Crippen molar-refractivity contribution in [3.05, 3.63) is 104 Å². The zero-order valence-electron chi connectivity index (χ0n) is 18.1. The maximum atomic E-state index is 5.00. The molecule has 34 heavy (non-hydrogen) atoms. The van der Waals surface area contributed by atoms with Crippen LogP contribution in [0.15, 0.2) is 104 Å². The van der Waals surface area contributed by atoms with Gasteiger partial charge in [-0.05, 0) is 53.9 Å². The second-order valence-corrected chi connectivity index (χ2v) is 8.61. The molecule has 5 nitrogen and oxygen atoms in total. The Hall–Kier alpha value is -4.77. The third kappa shape index (κ3) is 2.20. The van der Waals surface area contributed by atoms with Crippen LogP contribution >= 0.6 is 0 Å². The zero-order chi connectivity index (χ0) is 22.2. The largest absolute Gasteiger partial charge is 0.309 e. The van der Waals surface area contributed by atoms with Crippen molar-refractivity contribution in [1.82, 2.24) is 23.9 Å². The second kappa shape index (κ2) is 6.39. The summed E-state index contributed by atoms with van der Waals surface area (Å²) in [6.45, 7) is 0. The van der Waals surface area contributed by atoms with E-state index in [9.17, 15) is 0 Å². The number of aromatic nitrogens is 5. The molecule has 0 radical (unpaired) electrons. The average molecular weight is 435 g/mol. The number of fused-ring (bicyclic) bond motifs is 11. The minimum Gasteiger partial charge on any atom is -0.309 e. The SMILES string of the molecule is c1ccc(-n2c3ccccc3c3cc4c(cc32)c2cccnc2n2c3ccncc3nc42)cc1. The van der Waals surface area contributed by atoms with Crippen LogP contribution in [0.3, 0.4) is 0 Å². The van der Waals surface area contributed by atoms with E-state index in [2.05, 4.69) is 86.7 Å². The fourth-order valence-corrected chi connectivity index (χ4v) is 5.39. The van der Waals surface area contributed by atoms with Crippen LogP contribution < -0.4 is 0 Å². The van der Waals surface area contributed by atoms with Crippen molar-refractivity contribution >= 4 is 60.3 Å². The van der Waals surface area contributed by atoms with Crippen molar-refractivity contribution in [3.63, 3.8) is 0 Å². The number of imidazole rings is 1. The summed E-state index contributed by atoms with van der Waals surface area (Å²) in [6, 6.07) is 29.9. The normalized spacial score (nSPS) is 12.1. The van der Waals surface area contributed by atoms with Crippen molar-refractivity contribution in [2.24, 2.45) is 0 Å². The number of hydrogen-bond acceptors (Lipinski definition) is 3. The van der Waals surface area contributed by atoms with E-state index >= 15 is 0 Å². The van der Waals surface area contributed by atoms with Crippen molar-refractivity contribution in [1.29, 1.82) is 0 Å². The molecule has 0 spiro atoms. The first-order valence-electron chi connectivity index (χ1n) is 11.3. The molecule has 8 rings (SSSR count). The van der Waals surface area contributed by atoms with Gasteiger partial charge in [-0.1, -0.05) is 36.4 Å². The predicted molar refractivity (Wildman–Crippen MR) is 138 cm³/mol. The first-order valence-corrected chi connectivity index (χ1v) is 11.3. The standard InChI is InChI=1S/C29H17N5/c1-2-7-18(8-3-1)33-25-11-5-4-9-19(25)22-15-23-21(16-27(22)33)20-10-6-13-31-28(20)34-26-12-14-30-17-24(26)32-29(23)34/h1-17H. The van der Waals surface area contributed by atoms with Crippen LogP contribution in [0.2, 0.25) is 0 Å². The summed E-state index contributed by atoms with van der Waals surface area (Å²) in [4.78, 5) is 14.1. The molecule has 0 aliphatic carbocycles. The van der Waals surface area contributed by atoms with E-state index < -0.39 is 0 Å². The monoisotopic (exact) mass is 435 g/mol. The topological polar surface area (TPSA) is 48.0 Å². The molecule has 5 aromatic heterocycles. The molecular formula is C29H17N5. The van der Waals surface area contributed by atoms with Gasteiger partial charge in [-0.25, -0.2) is 9.97 Å². The molecule has 0 fully saturated rings. The fraction of sp³-hybridized carbons (Fsp3) is 0. The van der Waals surface area contributed by atoms with Crippen LogP contribution in [0.5, 0.6) is 0 Å². The summed E-state index contributed by atoms with van der Waals surface area (Å²) < 4.78 is 4.51. The second-order valence-electron chi connectivity index (χ2n) is 8.61. The van der Waals surface area contributed by atoms with Crippen LogP contribution in [0.1, 0.15) is 0 Å². The van der Waals surface area contributed by atoms with Crippen molar-refractivity contribution < 1.29 is 0 Å². The number of para-hydroxylation sites is 2. The Labute approximate surface area is 193 Å². The summed E-state index contributed by atoms with van der Waals surface area (Å²) in [7, 11) is 0. The van der Waals surface area contributed by atoms with Gasteiger partial charge in [0.25, 0.3) is 0 Å². The summed E-state index contributed by atoms with van der Waals surface area (Å²) in [5.41, 5.74) is 7.20. The number of pyridine rings is 3. The molecule has 5 heteroatoms. The van der Waals surface area contributed by atoms with Gasteiger partial charge in [0.05, 0.1) is 22.7 Å². The molecule has 0 N–H and O–H groups in total. The minimum atomic E-state index is 0.869. The number of rotatable bonds is 1. The smallest absolute Gasteiger partial charge is 0.147 e. The predicted octanol–water partition coefficient (Wildman–Crippen LogP) is 6.68. The maximum Gasteiger partial charge on any atom is 0.147 e. The van der Waals surface area contributed by atoms with Crippen LogP contribution in [-0.2, 0) is 0 Å². The van der Waals surface area contributed by atoms with E-state index in [1.54, 1.807) is 0 Å². The van der Waals surface area contributed by atoms with E-state index in [1.807, 2.05) is 30.7 Å². The molecule has 0 aliphatic rings. The number of hydrogen-bond donors (Lipinski definition) is 0. The molecule has 0 atom stereocenters. The van der Waals surface area contributed by atoms with E-state index in [0.717, 1.165) is 44.2 Å². The Bertz CT molecular complexity index is 2070. The van der Waals surface area contributed by atoms with Crippen molar-refractivity contribution in [2.45, 2.75) is 0 Å². The third-order valence-electron chi connectivity index (χ3n) is 6.81. The highest BCUT2D eigenvalue weighted by atomic mass is 15.1. The highest BCUT2D eigenvalue weighted by Gasteiger charge is 2.18. The Morgan fingerprint density at radius 3 is 2.35 bits per heavy atom. The van der Waals surface area contributed by atoms with Crippen LogP contribution in [0.4, 0.5) is 0 Å². The first-order chi connectivity index (χ1) is 16.9. The molecule has 3 aromatic carbocycles. The number of nitrogens with zero attached hydrogens (tertiary/aromatic N) is 5. The molecule has 0 saturated carbocycles. The molecule has 158 valence electrons. The Morgan fingerprint density at radius 2 is 1.41 bits per heavy atom. The Balaban J connectivity index is 1.67. The minimum absolute atomic E-state index is 0.869. The maximum absolute atomic E-state index is 5.00. The summed E-state index contributed by atoms with van der Waals surface area (Å²) in [6.07, 6.45) is 5.48. The van der Waals surface area contributed by atoms with Gasteiger partial charge in [0, 0.05) is 39.6 Å². The van der Waals surface area contributed by atoms with Gasteiger partial charge in [-0.15, -0.1) is 0 Å². The van der Waals surface area contributed by atoms with Crippen molar-refractivity contribution in [2.75, 3.05) is 0 Å². The van der Waals surface area contributed by atoms with Crippen LogP contribution in [-0.4, -0.2) is 23.9 Å². The van der Waals surface area contributed by atoms with E-state index in [4.69, 9.17) is 9.97 Å². The lowest BCUT2D eigenvalue weighted by Crippen LogP contribution is -1.95. The van der Waals surface area contributed by atoms with Gasteiger partial charge in [0.15, 0.2) is 0 Å². The molecule has 8 aromatic rings. The molecule has 0 aliphatic heterocycles. The van der Waals surface area contributed by atoms with E-state index in [0.29, 0.717) is 0 Å². The van der Waals surface area contributed by atoms with Gasteiger partial charge in [-0.2, -0.15) is 0 Å². The van der Waals surface area contributed by atoms with Gasteiger partial charge in [0.1, 0.15) is 16.8 Å². The van der Waals surface area contributed by atoms with E-state index in [-0.39, 0.29) is 0 Å². The summed E-state index contributed by atoms with van der Waals surface area (Å²) >= 11 is 0. The van der Waals surface area contributed by atoms with Gasteiger partial charge < -0.3 is 4.57 Å². The highest BCUT2D eigenvalue weighted by molar-refractivity contribution is 6.21. The Morgan fingerprint density at radius 1 is 0.559 bits per heavy atom. The van der Waals surface area contributed by atoms with E-state index in [1.165, 1.54) is 21.8 Å². The fourth-order valence-electron chi connectivity index (χ4n) is 5.39. The van der Waals surface area contributed by atoms with Crippen LogP contribution in [0.25, 0.3) is 66.0 Å². The molecular weight excluding hydrogens is 418 g/mol. The molecule has 0 unspecified atom stereocenters. The van der Waals surface area contributed by atoms with Crippen molar-refractivity contribution in [3.8, 4) is 5.69 Å². The van der Waals surface area contributed by atoms with Gasteiger partial charge in [0.2, 0.25) is 0 Å². The lowest BCUT2D eigenvalue weighted by Gasteiger charge is -2.11. The summed E-state index contributed by atoms with van der Waals surface area (Å²) in [5.74, 6) is 0. The molecule has 0 bridgehead atoms. The van der Waals surface area contributed by atoms with Gasteiger partial charge >= 0.3 is 0 Å². The number of benzene rings is 3. The molecule has 5 heterocycles. The first kappa shape index (κ1) is 17.7. The molecule has 0 amide bonds. The molecule has 0 saturated heterocycles. The van der Waals surface area contributed by atoms with Crippen LogP contribution in [0, 0.1) is 0 Å². The third-order valence-corrected chi connectivity index (χ3v) is 6.81. The lowest BCUT2D eigenvalue weighted by molar-refractivity contribution is 1.18. The average Bonchev–Trinajstić information content (AvgIpc) is 3.44. The quantitative estimate of drug-likeness (QED) is 0.270. The highest BCUT2D eigenvalue weighted by Crippen LogP contribution is 2.38. The lowest BCUT2D eigenvalue weighted by atomic mass is 10.0. The Kier molecular flexibility index (Phi) is 3.34. The zero-order valence-corrected chi connectivity index (χ0v) is 18.1. The van der Waals surface area contributed by atoms with Gasteiger partial charge in [-0.3, -0.25) is 9.38 Å². The summed E-state index contributed by atoms with van der Waals surface area (Å²) in [5, 5.41) is 5.80.